The zero-order chi connectivity index (χ0) is 22.5. The maximum absolute atomic E-state index is 9.59. The smallest absolute Gasteiger partial charge is 0.227 e. The minimum absolute atomic E-state index is 0.0183. The van der Waals surface area contributed by atoms with E-state index >= 15 is 0 Å². The number of imidazole rings is 1. The van der Waals surface area contributed by atoms with Crippen LogP contribution in [0.1, 0.15) is 38.8 Å². The van der Waals surface area contributed by atoms with Gasteiger partial charge in [-0.15, -0.1) is 0 Å². The fourth-order valence-corrected chi connectivity index (χ4v) is 3.50. The molecule has 4 rings (SSSR count). The van der Waals surface area contributed by atoms with Crippen molar-refractivity contribution in [2.75, 3.05) is 17.2 Å². The van der Waals surface area contributed by atoms with E-state index in [1.165, 1.54) is 0 Å². The van der Waals surface area contributed by atoms with Gasteiger partial charge in [-0.25, -0.2) is 4.98 Å². The van der Waals surface area contributed by atoms with Gasteiger partial charge < -0.3 is 20.3 Å². The van der Waals surface area contributed by atoms with Gasteiger partial charge >= 0.3 is 0 Å². The fourth-order valence-electron chi connectivity index (χ4n) is 3.50. The third-order valence-electron chi connectivity index (χ3n) is 5.37. The van der Waals surface area contributed by atoms with E-state index in [-0.39, 0.29) is 18.7 Å². The maximum Gasteiger partial charge on any atom is 0.227 e. The number of aliphatic hydroxyl groups excluding tert-OH is 1. The first-order chi connectivity index (χ1) is 15.6. The molecule has 0 spiro atoms. The molecular formula is C24H29N7O. The van der Waals surface area contributed by atoms with Crippen molar-refractivity contribution in [2.24, 2.45) is 0 Å². The molecule has 0 saturated carbocycles. The Labute approximate surface area is 187 Å². The number of nitrogens with zero attached hydrogens (tertiary/aromatic N) is 5. The lowest BCUT2D eigenvalue weighted by Gasteiger charge is -2.16. The van der Waals surface area contributed by atoms with Crippen LogP contribution in [0.5, 0.6) is 0 Å². The second kappa shape index (κ2) is 9.74. The van der Waals surface area contributed by atoms with E-state index in [4.69, 9.17) is 0 Å². The molecule has 1 aromatic carbocycles. The molecular weight excluding hydrogens is 402 g/mol. The fraction of sp³-hybridized carbons (Fsp3) is 0.333. The van der Waals surface area contributed by atoms with Gasteiger partial charge in [-0.1, -0.05) is 31.2 Å². The van der Waals surface area contributed by atoms with E-state index in [2.05, 4.69) is 62.6 Å². The van der Waals surface area contributed by atoms with E-state index in [1.54, 1.807) is 12.5 Å². The third kappa shape index (κ3) is 4.70. The van der Waals surface area contributed by atoms with Crippen LogP contribution in [-0.2, 0) is 6.54 Å². The molecule has 0 radical (unpaired) electrons. The molecule has 0 aliphatic carbocycles. The zero-order valence-corrected chi connectivity index (χ0v) is 18.7. The van der Waals surface area contributed by atoms with Gasteiger partial charge in [0.2, 0.25) is 5.95 Å². The van der Waals surface area contributed by atoms with Crippen LogP contribution in [0, 0.1) is 0 Å². The van der Waals surface area contributed by atoms with Crippen LogP contribution in [-0.4, -0.2) is 42.3 Å². The van der Waals surface area contributed by atoms with Crippen LogP contribution in [0.25, 0.3) is 22.4 Å². The van der Waals surface area contributed by atoms with E-state index in [1.807, 2.05) is 35.8 Å². The summed E-state index contributed by atoms with van der Waals surface area (Å²) in [6.45, 7) is 6.80. The molecule has 32 heavy (non-hydrogen) atoms. The average Bonchev–Trinajstić information content (AvgIpc) is 3.26. The number of hydrogen-bond donors (Lipinski definition) is 3. The first kappa shape index (κ1) is 21.7. The topological polar surface area (TPSA) is 101 Å². The Morgan fingerprint density at radius 1 is 1.06 bits per heavy atom. The summed E-state index contributed by atoms with van der Waals surface area (Å²) in [5.74, 6) is 1.14. The van der Waals surface area contributed by atoms with E-state index in [0.717, 1.165) is 34.4 Å². The number of benzene rings is 1. The summed E-state index contributed by atoms with van der Waals surface area (Å²) in [7, 11) is 0. The largest absolute Gasteiger partial charge is 0.394 e. The first-order valence-electron chi connectivity index (χ1n) is 10.9. The molecule has 0 aliphatic rings. The molecule has 8 nitrogen and oxygen atoms in total. The lowest BCUT2D eigenvalue weighted by atomic mass is 10.1. The van der Waals surface area contributed by atoms with Gasteiger partial charge in [0.15, 0.2) is 17.0 Å². The Kier molecular flexibility index (Phi) is 6.61. The van der Waals surface area contributed by atoms with Crippen molar-refractivity contribution in [3.05, 3.63) is 60.6 Å². The van der Waals surface area contributed by atoms with Crippen molar-refractivity contribution >= 4 is 22.9 Å². The van der Waals surface area contributed by atoms with Gasteiger partial charge in [0.1, 0.15) is 0 Å². The van der Waals surface area contributed by atoms with Crippen LogP contribution in [0.2, 0.25) is 0 Å². The summed E-state index contributed by atoms with van der Waals surface area (Å²) >= 11 is 0. The highest BCUT2D eigenvalue weighted by molar-refractivity contribution is 5.84. The third-order valence-corrected chi connectivity index (χ3v) is 5.37. The highest BCUT2D eigenvalue weighted by Crippen LogP contribution is 2.25. The second-order valence-electron chi connectivity index (χ2n) is 8.01. The molecule has 0 bridgehead atoms. The van der Waals surface area contributed by atoms with Crippen LogP contribution < -0.4 is 10.6 Å². The molecule has 0 aliphatic heterocycles. The van der Waals surface area contributed by atoms with Crippen molar-refractivity contribution in [2.45, 2.75) is 45.8 Å². The van der Waals surface area contributed by atoms with Crippen molar-refractivity contribution in [3.8, 4) is 11.3 Å². The number of anilines is 2. The highest BCUT2D eigenvalue weighted by Gasteiger charge is 2.16. The normalized spacial score (nSPS) is 12.3. The van der Waals surface area contributed by atoms with Crippen molar-refractivity contribution < 1.29 is 5.11 Å². The van der Waals surface area contributed by atoms with Crippen LogP contribution in [0.4, 0.5) is 11.8 Å². The van der Waals surface area contributed by atoms with E-state index in [9.17, 15) is 5.11 Å². The standard InChI is InChI=1S/C24H29N7O/c1-4-19(14-32)28-24-29-22(21-23(30-24)31(15-27-21)16(2)3)26-13-17-8-7-9-18(12-17)20-10-5-6-11-25-20/h5-12,15-16,19,32H,4,13-14H2,1-3H3,(H2,26,28,29,30)/t19-/m1/s1. The lowest BCUT2D eigenvalue weighted by molar-refractivity contribution is 0.271. The maximum atomic E-state index is 9.59. The predicted molar refractivity (Wildman–Crippen MR) is 127 cm³/mol. The number of pyridine rings is 1. The molecule has 0 unspecified atom stereocenters. The van der Waals surface area contributed by atoms with Crippen molar-refractivity contribution in [1.82, 2.24) is 24.5 Å². The van der Waals surface area contributed by atoms with Gasteiger partial charge in [0, 0.05) is 24.3 Å². The van der Waals surface area contributed by atoms with Crippen LogP contribution in [0.15, 0.2) is 55.0 Å². The molecule has 3 heterocycles. The number of aliphatic hydroxyl groups is 1. The molecule has 4 aromatic rings. The van der Waals surface area contributed by atoms with E-state index < -0.39 is 0 Å². The molecule has 8 heteroatoms. The Hall–Kier alpha value is -3.52. The molecule has 1 atom stereocenters. The van der Waals surface area contributed by atoms with Gasteiger partial charge in [0.05, 0.1) is 24.7 Å². The number of fused-ring (bicyclic) bond motifs is 1. The summed E-state index contributed by atoms with van der Waals surface area (Å²) in [5, 5.41) is 16.3. The highest BCUT2D eigenvalue weighted by atomic mass is 16.3. The summed E-state index contributed by atoms with van der Waals surface area (Å²) in [5.41, 5.74) is 4.60. The van der Waals surface area contributed by atoms with Gasteiger partial charge in [-0.3, -0.25) is 4.98 Å². The average molecular weight is 432 g/mol. The predicted octanol–water partition coefficient (Wildman–Crippen LogP) is 4.26. The number of aromatic nitrogens is 5. The summed E-state index contributed by atoms with van der Waals surface area (Å²) in [4.78, 5) is 18.4. The Morgan fingerprint density at radius 3 is 2.66 bits per heavy atom. The summed E-state index contributed by atoms with van der Waals surface area (Å²) < 4.78 is 2.02. The zero-order valence-electron chi connectivity index (χ0n) is 18.7. The Bertz CT molecular complexity index is 1170. The van der Waals surface area contributed by atoms with Gasteiger partial charge in [0.25, 0.3) is 0 Å². The minimum Gasteiger partial charge on any atom is -0.394 e. The minimum atomic E-state index is -0.106. The molecule has 166 valence electrons. The molecule has 0 saturated heterocycles. The molecule has 3 N–H and O–H groups in total. The van der Waals surface area contributed by atoms with Crippen LogP contribution >= 0.6 is 0 Å². The Morgan fingerprint density at radius 2 is 1.94 bits per heavy atom. The molecule has 0 fully saturated rings. The van der Waals surface area contributed by atoms with E-state index in [0.29, 0.717) is 18.3 Å². The first-order valence-corrected chi connectivity index (χ1v) is 10.9. The van der Waals surface area contributed by atoms with Crippen LogP contribution in [0.3, 0.4) is 0 Å². The molecule has 0 amide bonds. The second-order valence-corrected chi connectivity index (χ2v) is 8.01. The number of nitrogens with one attached hydrogen (secondary N) is 2. The number of hydrogen-bond acceptors (Lipinski definition) is 7. The summed E-state index contributed by atoms with van der Waals surface area (Å²) in [6.07, 6.45) is 4.36. The monoisotopic (exact) mass is 431 g/mol. The van der Waals surface area contributed by atoms with Crippen molar-refractivity contribution in [1.29, 1.82) is 0 Å². The van der Waals surface area contributed by atoms with Gasteiger partial charge in [-0.2, -0.15) is 9.97 Å². The SMILES string of the molecule is CC[C@H](CO)Nc1nc(NCc2cccc(-c3ccccn3)c2)c2ncn(C(C)C)c2n1. The lowest BCUT2D eigenvalue weighted by Crippen LogP contribution is -2.24. The number of rotatable bonds is 9. The Balaban J connectivity index is 1.63. The van der Waals surface area contributed by atoms with Gasteiger partial charge in [-0.05, 0) is 44.0 Å². The molecule has 3 aromatic heterocycles. The van der Waals surface area contributed by atoms with Crippen molar-refractivity contribution in [3.63, 3.8) is 0 Å². The quantitative estimate of drug-likeness (QED) is 0.364. The summed E-state index contributed by atoms with van der Waals surface area (Å²) in [6, 6.07) is 14.3.